The number of aryl methyl sites for hydroxylation is 1. The highest BCUT2D eigenvalue weighted by Gasteiger charge is 2.33. The van der Waals surface area contributed by atoms with Gasteiger partial charge in [-0.05, 0) is 55.9 Å². The lowest BCUT2D eigenvalue weighted by Gasteiger charge is -2.25. The lowest BCUT2D eigenvalue weighted by atomic mass is 9.91. The number of pyridine rings is 2. The van der Waals surface area contributed by atoms with Crippen LogP contribution in [0.4, 0.5) is 0 Å². The topological polar surface area (TPSA) is 56.7 Å². The molecule has 0 spiro atoms. The Balaban J connectivity index is 1.45. The van der Waals surface area contributed by atoms with Crippen LogP contribution in [0.3, 0.4) is 0 Å². The van der Waals surface area contributed by atoms with Crippen LogP contribution in [-0.4, -0.2) is 48.3 Å². The van der Waals surface area contributed by atoms with Crippen molar-refractivity contribution in [2.45, 2.75) is 33.2 Å². The molecule has 0 saturated carbocycles. The van der Waals surface area contributed by atoms with E-state index in [0.29, 0.717) is 36.8 Å². The SMILES string of the molecule is COc1cc(C[C@H]2CN([C@@H](C)c3ccc4c(n3)OCCO4)C[C@@H]2C)cc(C)n1. The van der Waals surface area contributed by atoms with Crippen molar-refractivity contribution < 1.29 is 14.2 Å². The summed E-state index contributed by atoms with van der Waals surface area (Å²) in [4.78, 5) is 11.6. The molecule has 4 rings (SSSR count). The van der Waals surface area contributed by atoms with E-state index in [1.165, 1.54) is 5.56 Å². The Hall–Kier alpha value is -2.34. The molecule has 0 N–H and O–H groups in total. The number of fused-ring (bicyclic) bond motifs is 1. The molecule has 0 unspecified atom stereocenters. The van der Waals surface area contributed by atoms with Crippen molar-refractivity contribution in [1.29, 1.82) is 0 Å². The summed E-state index contributed by atoms with van der Waals surface area (Å²) in [6.45, 7) is 9.88. The van der Waals surface area contributed by atoms with Crippen molar-refractivity contribution in [2.75, 3.05) is 33.4 Å². The molecule has 1 fully saturated rings. The van der Waals surface area contributed by atoms with E-state index < -0.39 is 0 Å². The minimum Gasteiger partial charge on any atom is -0.484 e. The number of rotatable bonds is 5. The molecule has 0 radical (unpaired) electrons. The molecule has 6 heteroatoms. The number of methoxy groups -OCH3 is 1. The van der Waals surface area contributed by atoms with Gasteiger partial charge in [0.05, 0.1) is 12.8 Å². The summed E-state index contributed by atoms with van der Waals surface area (Å²) in [7, 11) is 1.67. The van der Waals surface area contributed by atoms with Crippen LogP contribution in [0.25, 0.3) is 0 Å². The van der Waals surface area contributed by atoms with Crippen LogP contribution in [0.1, 0.15) is 36.8 Å². The van der Waals surface area contributed by atoms with E-state index in [9.17, 15) is 0 Å². The van der Waals surface area contributed by atoms with E-state index in [1.807, 2.05) is 13.0 Å². The fourth-order valence-corrected chi connectivity index (χ4v) is 4.25. The highest BCUT2D eigenvalue weighted by molar-refractivity contribution is 5.36. The van der Waals surface area contributed by atoms with Gasteiger partial charge in [-0.2, -0.15) is 0 Å². The van der Waals surface area contributed by atoms with E-state index in [1.54, 1.807) is 7.11 Å². The third-order valence-corrected chi connectivity index (χ3v) is 5.90. The lowest BCUT2D eigenvalue weighted by Crippen LogP contribution is -2.26. The predicted octanol–water partition coefficient (Wildman–Crippen LogP) is 3.44. The summed E-state index contributed by atoms with van der Waals surface area (Å²) in [6.07, 6.45) is 1.04. The number of likely N-dealkylation sites (tertiary alicyclic amines) is 1. The van der Waals surface area contributed by atoms with Gasteiger partial charge < -0.3 is 14.2 Å². The van der Waals surface area contributed by atoms with Crippen molar-refractivity contribution >= 4 is 0 Å². The maximum Gasteiger partial charge on any atom is 0.257 e. The standard InChI is InChI=1S/C22H29N3O3/c1-14-12-25(13-18(14)10-17-9-15(2)23-21(11-17)26-4)16(3)19-5-6-20-22(24-19)28-8-7-27-20/h5-6,9,11,14,16,18H,7-8,10,12-13H2,1-4H3/t14-,16-,18-/m0/s1. The van der Waals surface area contributed by atoms with Crippen LogP contribution >= 0.6 is 0 Å². The molecule has 0 amide bonds. The molecule has 28 heavy (non-hydrogen) atoms. The molecule has 0 aromatic carbocycles. The molecule has 1 saturated heterocycles. The summed E-state index contributed by atoms with van der Waals surface area (Å²) in [5, 5.41) is 0. The van der Waals surface area contributed by atoms with Gasteiger partial charge in [0.25, 0.3) is 5.88 Å². The molecule has 0 bridgehead atoms. The van der Waals surface area contributed by atoms with E-state index in [2.05, 4.69) is 41.9 Å². The molecule has 2 aliphatic rings. The van der Waals surface area contributed by atoms with Gasteiger partial charge >= 0.3 is 0 Å². The van der Waals surface area contributed by atoms with Gasteiger partial charge in [-0.1, -0.05) is 6.92 Å². The normalized spacial score (nSPS) is 22.9. The molecule has 6 nitrogen and oxygen atoms in total. The van der Waals surface area contributed by atoms with E-state index in [4.69, 9.17) is 19.2 Å². The van der Waals surface area contributed by atoms with Crippen LogP contribution in [0, 0.1) is 18.8 Å². The summed E-state index contributed by atoms with van der Waals surface area (Å²) in [5.41, 5.74) is 3.34. The minimum absolute atomic E-state index is 0.247. The average Bonchev–Trinajstić information content (AvgIpc) is 3.06. The monoisotopic (exact) mass is 383 g/mol. The van der Waals surface area contributed by atoms with Crippen LogP contribution < -0.4 is 14.2 Å². The smallest absolute Gasteiger partial charge is 0.257 e. The highest BCUT2D eigenvalue weighted by atomic mass is 16.6. The summed E-state index contributed by atoms with van der Waals surface area (Å²) >= 11 is 0. The molecule has 2 aromatic heterocycles. The summed E-state index contributed by atoms with van der Waals surface area (Å²) in [5.74, 6) is 3.30. The van der Waals surface area contributed by atoms with E-state index in [-0.39, 0.29) is 6.04 Å². The summed E-state index contributed by atoms with van der Waals surface area (Å²) < 4.78 is 16.6. The Labute approximate surface area is 166 Å². The second-order valence-electron chi connectivity index (χ2n) is 7.97. The van der Waals surface area contributed by atoms with Gasteiger partial charge in [0.1, 0.15) is 13.2 Å². The number of aromatic nitrogens is 2. The Kier molecular flexibility index (Phi) is 5.40. The zero-order chi connectivity index (χ0) is 19.7. The predicted molar refractivity (Wildman–Crippen MR) is 107 cm³/mol. The molecule has 2 aromatic rings. The maximum absolute atomic E-state index is 5.66. The first-order valence-electron chi connectivity index (χ1n) is 10.1. The first-order valence-corrected chi connectivity index (χ1v) is 10.1. The average molecular weight is 383 g/mol. The van der Waals surface area contributed by atoms with Crippen LogP contribution in [0.5, 0.6) is 17.5 Å². The largest absolute Gasteiger partial charge is 0.484 e. The Morgan fingerprint density at radius 1 is 1.18 bits per heavy atom. The fourth-order valence-electron chi connectivity index (χ4n) is 4.25. The third-order valence-electron chi connectivity index (χ3n) is 5.90. The molecule has 4 heterocycles. The van der Waals surface area contributed by atoms with Crippen molar-refractivity contribution in [3.05, 3.63) is 41.2 Å². The third kappa shape index (κ3) is 3.92. The lowest BCUT2D eigenvalue weighted by molar-refractivity contribution is 0.162. The quantitative estimate of drug-likeness (QED) is 0.788. The number of nitrogens with zero attached hydrogens (tertiary/aromatic N) is 3. The van der Waals surface area contributed by atoms with Crippen molar-refractivity contribution in [3.8, 4) is 17.5 Å². The fraction of sp³-hybridized carbons (Fsp3) is 0.545. The van der Waals surface area contributed by atoms with Crippen molar-refractivity contribution in [3.63, 3.8) is 0 Å². The molecule has 0 aliphatic carbocycles. The zero-order valence-electron chi connectivity index (χ0n) is 17.1. The Bertz CT molecular complexity index is 842. The summed E-state index contributed by atoms with van der Waals surface area (Å²) in [6, 6.07) is 8.53. The molecular weight excluding hydrogens is 354 g/mol. The highest BCUT2D eigenvalue weighted by Crippen LogP contribution is 2.35. The van der Waals surface area contributed by atoms with Gasteiger partial charge in [-0.3, -0.25) is 4.90 Å². The van der Waals surface area contributed by atoms with Crippen LogP contribution in [0.2, 0.25) is 0 Å². The Morgan fingerprint density at radius 2 is 2.00 bits per heavy atom. The molecule has 3 atom stereocenters. The van der Waals surface area contributed by atoms with Gasteiger partial charge in [0.15, 0.2) is 5.75 Å². The Morgan fingerprint density at radius 3 is 2.82 bits per heavy atom. The van der Waals surface area contributed by atoms with Gasteiger partial charge in [0.2, 0.25) is 5.88 Å². The van der Waals surface area contributed by atoms with Crippen LogP contribution in [0.15, 0.2) is 24.3 Å². The molecule has 150 valence electrons. The van der Waals surface area contributed by atoms with Gasteiger partial charge in [-0.25, -0.2) is 9.97 Å². The number of hydrogen-bond acceptors (Lipinski definition) is 6. The van der Waals surface area contributed by atoms with E-state index in [0.717, 1.165) is 36.6 Å². The second-order valence-corrected chi connectivity index (χ2v) is 7.97. The number of ether oxygens (including phenoxy) is 3. The minimum atomic E-state index is 0.247. The molecule has 2 aliphatic heterocycles. The second kappa shape index (κ2) is 7.95. The number of hydrogen-bond donors (Lipinski definition) is 0. The molecular formula is C22H29N3O3. The van der Waals surface area contributed by atoms with E-state index >= 15 is 0 Å². The first kappa shape index (κ1) is 19.0. The maximum atomic E-state index is 5.66. The first-order chi connectivity index (χ1) is 13.5. The zero-order valence-corrected chi connectivity index (χ0v) is 17.1. The van der Waals surface area contributed by atoms with Crippen molar-refractivity contribution in [2.24, 2.45) is 11.8 Å². The van der Waals surface area contributed by atoms with Crippen molar-refractivity contribution in [1.82, 2.24) is 14.9 Å². The van der Waals surface area contributed by atoms with Crippen LogP contribution in [-0.2, 0) is 6.42 Å². The van der Waals surface area contributed by atoms with Gasteiger partial charge in [0, 0.05) is 30.9 Å². The van der Waals surface area contributed by atoms with Gasteiger partial charge in [-0.15, -0.1) is 0 Å².